The Labute approximate surface area is 166 Å². The van der Waals surface area contributed by atoms with Crippen molar-refractivity contribution in [3.63, 3.8) is 0 Å². The highest BCUT2D eigenvalue weighted by atomic mass is 32.2. The third-order valence-corrected chi connectivity index (χ3v) is 6.74. The van der Waals surface area contributed by atoms with E-state index in [1.165, 1.54) is 23.4 Å². The lowest BCUT2D eigenvalue weighted by Gasteiger charge is -2.08. The lowest BCUT2D eigenvalue weighted by molar-refractivity contribution is 0.384. The molecule has 0 spiro atoms. The van der Waals surface area contributed by atoms with E-state index in [4.69, 9.17) is 4.74 Å². The van der Waals surface area contributed by atoms with Crippen LogP contribution in [0.1, 0.15) is 0 Å². The van der Waals surface area contributed by atoms with E-state index in [0.717, 1.165) is 0 Å². The molecule has 0 radical (unpaired) electrons. The number of hydrogen-bond acceptors (Lipinski definition) is 7. The Morgan fingerprint density at radius 1 is 1.04 bits per heavy atom. The van der Waals surface area contributed by atoms with Gasteiger partial charge in [0.1, 0.15) is 5.03 Å². The van der Waals surface area contributed by atoms with Gasteiger partial charge >= 0.3 is 0 Å². The average Bonchev–Trinajstić information content (AvgIpc) is 3.13. The first-order valence-corrected chi connectivity index (χ1v) is 11.0. The van der Waals surface area contributed by atoms with Crippen molar-refractivity contribution in [3.05, 3.63) is 60.8 Å². The van der Waals surface area contributed by atoms with Crippen LogP contribution in [0.3, 0.4) is 0 Å². The van der Waals surface area contributed by atoms with Crippen LogP contribution >= 0.6 is 11.8 Å². The van der Waals surface area contributed by atoms with Gasteiger partial charge < -0.3 is 4.74 Å². The van der Waals surface area contributed by atoms with Gasteiger partial charge in [0.25, 0.3) is 0 Å². The summed E-state index contributed by atoms with van der Waals surface area (Å²) < 4.78 is 33.6. The zero-order valence-electron chi connectivity index (χ0n) is 15.1. The topological polar surface area (TPSA) is 86.5 Å². The lowest BCUT2D eigenvalue weighted by Crippen LogP contribution is -2.05. The van der Waals surface area contributed by atoms with Gasteiger partial charge in [0.2, 0.25) is 15.7 Å². The fraction of sp³-hybridized carbons (Fsp3) is 0.105. The number of rotatable bonds is 5. The van der Waals surface area contributed by atoms with Crippen molar-refractivity contribution in [1.29, 1.82) is 0 Å². The van der Waals surface area contributed by atoms with Crippen LogP contribution in [0.5, 0.6) is 5.88 Å². The summed E-state index contributed by atoms with van der Waals surface area (Å²) in [5.74, 6) is 0.371. The van der Waals surface area contributed by atoms with E-state index in [-0.39, 0.29) is 15.4 Å². The maximum atomic E-state index is 13.4. The quantitative estimate of drug-likeness (QED) is 0.465. The van der Waals surface area contributed by atoms with Crippen LogP contribution in [0, 0.1) is 0 Å². The summed E-state index contributed by atoms with van der Waals surface area (Å²) in [5, 5.41) is 4.78. The normalized spacial score (nSPS) is 11.6. The average molecular weight is 412 g/mol. The molecule has 1 aromatic carbocycles. The Balaban J connectivity index is 2.06. The summed E-state index contributed by atoms with van der Waals surface area (Å²) in [5.41, 5.74) is 1.31. The van der Waals surface area contributed by atoms with Gasteiger partial charge in [-0.1, -0.05) is 24.3 Å². The number of fused-ring (bicyclic) bond motifs is 1. The third kappa shape index (κ3) is 3.02. The summed E-state index contributed by atoms with van der Waals surface area (Å²) in [6.07, 6.45) is 3.43. The zero-order valence-corrected chi connectivity index (χ0v) is 16.7. The highest BCUT2D eigenvalue weighted by molar-refractivity contribution is 7.99. The molecule has 0 atom stereocenters. The Morgan fingerprint density at radius 2 is 1.79 bits per heavy atom. The number of benzene rings is 1. The van der Waals surface area contributed by atoms with Crippen LogP contribution in [0.15, 0.2) is 75.6 Å². The second-order valence-corrected chi connectivity index (χ2v) is 8.47. The first-order valence-electron chi connectivity index (χ1n) is 8.29. The summed E-state index contributed by atoms with van der Waals surface area (Å²) in [4.78, 5) is 9.13. The van der Waals surface area contributed by atoms with E-state index in [1.54, 1.807) is 61.0 Å². The molecule has 0 saturated carbocycles. The number of pyridine rings is 1. The molecule has 0 aliphatic rings. The first-order chi connectivity index (χ1) is 13.6. The van der Waals surface area contributed by atoms with Crippen molar-refractivity contribution in [2.45, 2.75) is 14.8 Å². The van der Waals surface area contributed by atoms with Crippen molar-refractivity contribution in [3.8, 4) is 17.3 Å². The molecule has 7 nitrogen and oxygen atoms in total. The van der Waals surface area contributed by atoms with Crippen LogP contribution in [0.4, 0.5) is 0 Å². The highest BCUT2D eigenvalue weighted by Gasteiger charge is 2.30. The molecule has 4 rings (SSSR count). The van der Waals surface area contributed by atoms with Crippen molar-refractivity contribution in [1.82, 2.24) is 19.6 Å². The molecule has 28 heavy (non-hydrogen) atoms. The van der Waals surface area contributed by atoms with Crippen molar-refractivity contribution in [2.75, 3.05) is 13.4 Å². The number of ether oxygens (including phenoxy) is 1. The van der Waals surface area contributed by atoms with Gasteiger partial charge in [-0.2, -0.15) is 9.61 Å². The molecule has 9 heteroatoms. The molecule has 142 valence electrons. The van der Waals surface area contributed by atoms with E-state index < -0.39 is 9.84 Å². The van der Waals surface area contributed by atoms with Crippen LogP contribution in [-0.4, -0.2) is 41.4 Å². The minimum Gasteiger partial charge on any atom is -0.481 e. The minimum absolute atomic E-state index is 0.0577. The van der Waals surface area contributed by atoms with Gasteiger partial charge in [-0.3, -0.25) is 4.98 Å². The van der Waals surface area contributed by atoms with E-state index in [9.17, 15) is 8.42 Å². The molecule has 0 unspecified atom stereocenters. The maximum Gasteiger partial charge on any atom is 0.218 e. The summed E-state index contributed by atoms with van der Waals surface area (Å²) in [6, 6.07) is 15.4. The SMILES string of the molecule is COc1cc(-c2ccccn2)nc2c(S(=O)(=O)c3ccccc3)c(SC)nn12. The molecule has 0 bridgehead atoms. The summed E-state index contributed by atoms with van der Waals surface area (Å²) >= 11 is 1.24. The fourth-order valence-electron chi connectivity index (χ4n) is 2.83. The molecule has 0 fully saturated rings. The first kappa shape index (κ1) is 18.5. The van der Waals surface area contributed by atoms with Gasteiger partial charge in [0.05, 0.1) is 23.4 Å². The van der Waals surface area contributed by atoms with Crippen LogP contribution < -0.4 is 4.74 Å². The van der Waals surface area contributed by atoms with Crippen LogP contribution in [-0.2, 0) is 9.84 Å². The van der Waals surface area contributed by atoms with Gasteiger partial charge in [-0.05, 0) is 30.5 Å². The smallest absolute Gasteiger partial charge is 0.218 e. The fourth-order valence-corrected chi connectivity index (χ4v) is 5.24. The molecule has 3 heterocycles. The summed E-state index contributed by atoms with van der Waals surface area (Å²) in [6.45, 7) is 0. The standard InChI is InChI=1S/C19H16N4O3S2/c1-26-16-12-15(14-10-6-7-11-20-14)21-18-17(19(27-2)22-23(16)18)28(24,25)13-8-4-3-5-9-13/h3-12H,1-2H3. The summed E-state index contributed by atoms with van der Waals surface area (Å²) in [7, 11) is -2.33. The zero-order chi connectivity index (χ0) is 19.7. The van der Waals surface area contributed by atoms with Crippen molar-refractivity contribution >= 4 is 27.2 Å². The number of aromatic nitrogens is 4. The van der Waals surface area contributed by atoms with Gasteiger partial charge in [-0.25, -0.2) is 13.4 Å². The Kier molecular flexibility index (Phi) is 4.78. The second-order valence-electron chi connectivity index (χ2n) is 5.79. The van der Waals surface area contributed by atoms with E-state index in [1.807, 2.05) is 6.07 Å². The Bertz CT molecular complexity index is 1240. The molecular formula is C19H16N4O3S2. The van der Waals surface area contributed by atoms with Crippen molar-refractivity contribution < 1.29 is 13.2 Å². The molecule has 0 amide bonds. The monoisotopic (exact) mass is 412 g/mol. The Morgan fingerprint density at radius 3 is 2.43 bits per heavy atom. The predicted molar refractivity (Wildman–Crippen MR) is 106 cm³/mol. The molecule has 0 aliphatic heterocycles. The van der Waals surface area contributed by atoms with E-state index >= 15 is 0 Å². The molecule has 0 saturated heterocycles. The lowest BCUT2D eigenvalue weighted by atomic mass is 10.2. The highest BCUT2D eigenvalue weighted by Crippen LogP contribution is 2.35. The number of thioether (sulfide) groups is 1. The van der Waals surface area contributed by atoms with Crippen LogP contribution in [0.2, 0.25) is 0 Å². The molecule has 3 aromatic heterocycles. The maximum absolute atomic E-state index is 13.4. The van der Waals surface area contributed by atoms with Gasteiger partial charge in [0.15, 0.2) is 10.5 Å². The van der Waals surface area contributed by atoms with Gasteiger partial charge in [-0.15, -0.1) is 11.8 Å². The Hall–Kier alpha value is -2.91. The molecular weight excluding hydrogens is 396 g/mol. The van der Waals surface area contributed by atoms with Gasteiger partial charge in [0, 0.05) is 12.3 Å². The predicted octanol–water partition coefficient (Wildman–Crippen LogP) is 3.35. The molecule has 0 N–H and O–H groups in total. The number of methoxy groups -OCH3 is 1. The van der Waals surface area contributed by atoms with E-state index in [0.29, 0.717) is 22.3 Å². The number of sulfone groups is 1. The third-order valence-electron chi connectivity index (χ3n) is 4.14. The second kappa shape index (κ2) is 7.25. The van der Waals surface area contributed by atoms with Crippen molar-refractivity contribution in [2.24, 2.45) is 0 Å². The minimum atomic E-state index is -3.83. The van der Waals surface area contributed by atoms with E-state index in [2.05, 4.69) is 15.1 Å². The number of nitrogens with zero attached hydrogens (tertiary/aromatic N) is 4. The number of hydrogen-bond donors (Lipinski definition) is 0. The molecule has 0 aliphatic carbocycles. The largest absolute Gasteiger partial charge is 0.481 e. The van der Waals surface area contributed by atoms with Crippen LogP contribution in [0.25, 0.3) is 17.0 Å². The molecule has 4 aromatic rings.